The number of phenols is 1. The fourth-order valence-corrected chi connectivity index (χ4v) is 5.14. The maximum atomic E-state index is 9.98. The van der Waals surface area contributed by atoms with Gasteiger partial charge in [-0.05, 0) is 61.4 Å². The molecular formula is C23H29NO. The summed E-state index contributed by atoms with van der Waals surface area (Å²) in [5, 5.41) is 9.98. The number of aromatic hydroxyl groups is 1. The first kappa shape index (κ1) is 16.7. The lowest BCUT2D eigenvalue weighted by atomic mass is 9.59. The lowest BCUT2D eigenvalue weighted by Gasteiger charge is -2.51. The van der Waals surface area contributed by atoms with Crippen LogP contribution in [0.3, 0.4) is 0 Å². The van der Waals surface area contributed by atoms with Gasteiger partial charge >= 0.3 is 0 Å². The molecular weight excluding hydrogens is 306 g/mol. The number of rotatable bonds is 4. The number of hydrogen-bond acceptors (Lipinski definition) is 2. The molecule has 0 radical (unpaired) electrons. The van der Waals surface area contributed by atoms with Crippen LogP contribution < -0.4 is 0 Å². The molecule has 1 saturated carbocycles. The van der Waals surface area contributed by atoms with Crippen LogP contribution in [0.2, 0.25) is 0 Å². The summed E-state index contributed by atoms with van der Waals surface area (Å²) >= 11 is 0. The first-order valence-corrected chi connectivity index (χ1v) is 9.82. The highest BCUT2D eigenvalue weighted by molar-refractivity contribution is 5.35. The molecule has 1 N–H and O–H groups in total. The van der Waals surface area contributed by atoms with Gasteiger partial charge in [0, 0.05) is 18.5 Å². The number of likely N-dealkylation sites (tertiary alicyclic amines) is 1. The summed E-state index contributed by atoms with van der Waals surface area (Å²) in [7, 11) is 0. The molecule has 0 unspecified atom stereocenters. The van der Waals surface area contributed by atoms with Crippen LogP contribution in [0.5, 0.6) is 5.75 Å². The van der Waals surface area contributed by atoms with Gasteiger partial charge < -0.3 is 10.0 Å². The van der Waals surface area contributed by atoms with Crippen LogP contribution in [-0.2, 0) is 11.8 Å². The Labute approximate surface area is 151 Å². The van der Waals surface area contributed by atoms with E-state index in [2.05, 4.69) is 41.3 Å². The summed E-state index contributed by atoms with van der Waals surface area (Å²) in [6.07, 6.45) is 7.68. The molecule has 0 amide bonds. The molecule has 1 saturated heterocycles. The first-order valence-electron chi connectivity index (χ1n) is 9.82. The SMILES string of the molecule is Oc1cccc([C@]23CCCC[C@@H]2CN(CCc2ccccc2)CC3)c1. The second-order valence-corrected chi connectivity index (χ2v) is 7.94. The third-order valence-electron chi connectivity index (χ3n) is 6.54. The standard InChI is InChI=1S/C23H29NO/c25-22-11-6-10-20(17-22)23-13-5-4-9-21(23)18-24(16-14-23)15-12-19-7-2-1-3-8-19/h1-3,6-8,10-11,17,21,25H,4-5,9,12-16,18H2/t21-,23-/m1/s1. The number of piperidine rings is 1. The predicted molar refractivity (Wildman–Crippen MR) is 103 cm³/mol. The van der Waals surface area contributed by atoms with Crippen LogP contribution in [0, 0.1) is 5.92 Å². The minimum atomic E-state index is 0.292. The third-order valence-corrected chi connectivity index (χ3v) is 6.54. The molecule has 2 atom stereocenters. The highest BCUT2D eigenvalue weighted by Crippen LogP contribution is 2.49. The zero-order valence-electron chi connectivity index (χ0n) is 15.0. The van der Waals surface area contributed by atoms with E-state index < -0.39 is 0 Å². The highest BCUT2D eigenvalue weighted by atomic mass is 16.3. The monoisotopic (exact) mass is 335 g/mol. The molecule has 2 nitrogen and oxygen atoms in total. The molecule has 2 aliphatic rings. The van der Waals surface area contributed by atoms with E-state index in [1.54, 1.807) is 6.07 Å². The zero-order chi connectivity index (χ0) is 17.1. The topological polar surface area (TPSA) is 23.5 Å². The second-order valence-electron chi connectivity index (χ2n) is 7.94. The minimum Gasteiger partial charge on any atom is -0.508 e. The smallest absolute Gasteiger partial charge is 0.115 e. The molecule has 0 aromatic heterocycles. The lowest BCUT2D eigenvalue weighted by Crippen LogP contribution is -2.51. The van der Waals surface area contributed by atoms with Crippen LogP contribution in [0.4, 0.5) is 0 Å². The van der Waals surface area contributed by atoms with Crippen molar-refractivity contribution in [3.8, 4) is 5.75 Å². The number of nitrogens with zero attached hydrogens (tertiary/aromatic N) is 1. The molecule has 1 heterocycles. The van der Waals surface area contributed by atoms with Crippen LogP contribution in [0.25, 0.3) is 0 Å². The van der Waals surface area contributed by atoms with E-state index >= 15 is 0 Å². The summed E-state index contributed by atoms with van der Waals surface area (Å²) < 4.78 is 0. The first-order chi connectivity index (χ1) is 12.3. The molecule has 1 aliphatic heterocycles. The number of phenolic OH excluding ortho intramolecular Hbond substituents is 1. The van der Waals surface area contributed by atoms with Gasteiger partial charge in [-0.15, -0.1) is 0 Å². The highest BCUT2D eigenvalue weighted by Gasteiger charge is 2.45. The summed E-state index contributed by atoms with van der Waals surface area (Å²) in [5.41, 5.74) is 3.11. The van der Waals surface area contributed by atoms with E-state index in [0.29, 0.717) is 11.2 Å². The van der Waals surface area contributed by atoms with Gasteiger partial charge in [-0.2, -0.15) is 0 Å². The van der Waals surface area contributed by atoms with Gasteiger partial charge in [0.25, 0.3) is 0 Å². The van der Waals surface area contributed by atoms with Crippen molar-refractivity contribution in [1.29, 1.82) is 0 Å². The number of benzene rings is 2. The van der Waals surface area contributed by atoms with Crippen LogP contribution in [-0.4, -0.2) is 29.6 Å². The van der Waals surface area contributed by atoms with Gasteiger partial charge in [-0.25, -0.2) is 0 Å². The minimum absolute atomic E-state index is 0.292. The molecule has 1 aliphatic carbocycles. The molecule has 4 rings (SSSR count). The fraction of sp³-hybridized carbons (Fsp3) is 0.478. The molecule has 132 valence electrons. The van der Waals surface area contributed by atoms with Gasteiger partial charge in [0.1, 0.15) is 5.75 Å². The van der Waals surface area contributed by atoms with Crippen molar-refractivity contribution < 1.29 is 5.11 Å². The van der Waals surface area contributed by atoms with Gasteiger partial charge in [-0.1, -0.05) is 55.3 Å². The summed E-state index contributed by atoms with van der Waals surface area (Å²) in [4.78, 5) is 2.67. The van der Waals surface area contributed by atoms with Crippen LogP contribution in [0.15, 0.2) is 54.6 Å². The van der Waals surface area contributed by atoms with Crippen LogP contribution >= 0.6 is 0 Å². The Morgan fingerprint density at radius 3 is 2.72 bits per heavy atom. The van der Waals surface area contributed by atoms with Gasteiger partial charge in [-0.3, -0.25) is 0 Å². The maximum Gasteiger partial charge on any atom is 0.115 e. The Morgan fingerprint density at radius 2 is 1.88 bits per heavy atom. The Bertz CT molecular complexity index is 698. The summed E-state index contributed by atoms with van der Waals surface area (Å²) in [6, 6.07) is 18.9. The molecule has 25 heavy (non-hydrogen) atoms. The average molecular weight is 335 g/mol. The lowest BCUT2D eigenvalue weighted by molar-refractivity contribution is 0.0568. The molecule has 0 spiro atoms. The van der Waals surface area contributed by atoms with Gasteiger partial charge in [0.15, 0.2) is 0 Å². The maximum absolute atomic E-state index is 9.98. The van der Waals surface area contributed by atoms with E-state index in [0.717, 1.165) is 18.9 Å². The van der Waals surface area contributed by atoms with E-state index in [9.17, 15) is 5.11 Å². The molecule has 0 bridgehead atoms. The Kier molecular flexibility index (Phi) is 4.80. The van der Waals surface area contributed by atoms with E-state index in [-0.39, 0.29) is 0 Å². The number of fused-ring (bicyclic) bond motifs is 1. The quantitative estimate of drug-likeness (QED) is 0.870. The number of hydrogen-bond donors (Lipinski definition) is 1. The van der Waals surface area contributed by atoms with Crippen molar-refractivity contribution in [2.24, 2.45) is 5.92 Å². The average Bonchev–Trinajstić information content (AvgIpc) is 2.67. The van der Waals surface area contributed by atoms with Crippen molar-refractivity contribution in [3.05, 3.63) is 65.7 Å². The summed E-state index contributed by atoms with van der Waals surface area (Å²) in [6.45, 7) is 3.55. The zero-order valence-corrected chi connectivity index (χ0v) is 15.0. The second kappa shape index (κ2) is 7.21. The van der Waals surface area contributed by atoms with Gasteiger partial charge in [0.05, 0.1) is 0 Å². The van der Waals surface area contributed by atoms with Crippen molar-refractivity contribution in [2.45, 2.75) is 43.9 Å². The Hall–Kier alpha value is -1.80. The van der Waals surface area contributed by atoms with Crippen LogP contribution in [0.1, 0.15) is 43.2 Å². The van der Waals surface area contributed by atoms with E-state index in [4.69, 9.17) is 0 Å². The van der Waals surface area contributed by atoms with E-state index in [1.807, 2.05) is 12.1 Å². The molecule has 2 aromatic rings. The summed E-state index contributed by atoms with van der Waals surface area (Å²) in [5.74, 6) is 1.15. The normalized spacial score (nSPS) is 27.0. The predicted octanol–water partition coefficient (Wildman–Crippen LogP) is 4.77. The van der Waals surface area contributed by atoms with E-state index in [1.165, 1.54) is 56.3 Å². The van der Waals surface area contributed by atoms with Crippen molar-refractivity contribution in [3.63, 3.8) is 0 Å². The third kappa shape index (κ3) is 3.46. The van der Waals surface area contributed by atoms with Gasteiger partial charge in [0.2, 0.25) is 0 Å². The van der Waals surface area contributed by atoms with Crippen molar-refractivity contribution in [2.75, 3.05) is 19.6 Å². The molecule has 2 fully saturated rings. The van der Waals surface area contributed by atoms with Crippen molar-refractivity contribution >= 4 is 0 Å². The Morgan fingerprint density at radius 1 is 1.00 bits per heavy atom. The molecule has 2 heteroatoms. The molecule has 2 aromatic carbocycles. The largest absolute Gasteiger partial charge is 0.508 e. The van der Waals surface area contributed by atoms with Crippen molar-refractivity contribution in [1.82, 2.24) is 4.90 Å². The Balaban J connectivity index is 1.48. The fourth-order valence-electron chi connectivity index (χ4n) is 5.14.